The zero-order valence-corrected chi connectivity index (χ0v) is 20.0. The first kappa shape index (κ1) is 23.2. The Balaban J connectivity index is 1.79. The normalized spacial score (nSPS) is 11.1. The van der Waals surface area contributed by atoms with Gasteiger partial charge in [-0.3, -0.25) is 9.59 Å². The van der Waals surface area contributed by atoms with Crippen LogP contribution in [0.1, 0.15) is 43.2 Å². The van der Waals surface area contributed by atoms with Gasteiger partial charge in [0, 0.05) is 29.8 Å². The van der Waals surface area contributed by atoms with E-state index < -0.39 is 0 Å². The molecule has 0 unspecified atom stereocenters. The largest absolute Gasteiger partial charge is 0.497 e. The van der Waals surface area contributed by atoms with E-state index >= 15 is 0 Å². The van der Waals surface area contributed by atoms with Gasteiger partial charge < -0.3 is 14.5 Å². The van der Waals surface area contributed by atoms with E-state index in [-0.39, 0.29) is 17.7 Å². The van der Waals surface area contributed by atoms with Gasteiger partial charge in [0.1, 0.15) is 11.4 Å². The first-order valence-corrected chi connectivity index (χ1v) is 11.4. The van der Waals surface area contributed by atoms with E-state index in [0.29, 0.717) is 18.4 Å². The van der Waals surface area contributed by atoms with E-state index in [2.05, 4.69) is 9.72 Å². The molecule has 1 amide bonds. The minimum Gasteiger partial charge on any atom is -0.497 e. The third-order valence-electron chi connectivity index (χ3n) is 5.72. The molecular formula is C28H29N3O3. The van der Waals surface area contributed by atoms with Crippen molar-refractivity contribution in [3.8, 4) is 28.1 Å². The maximum absolute atomic E-state index is 12.4. The minimum absolute atomic E-state index is 0.0116. The Labute approximate surface area is 199 Å². The zero-order valence-electron chi connectivity index (χ0n) is 20.0. The lowest BCUT2D eigenvalue weighted by Gasteiger charge is -2.10. The van der Waals surface area contributed by atoms with Crippen molar-refractivity contribution >= 4 is 17.3 Å². The van der Waals surface area contributed by atoms with E-state index in [1.807, 2.05) is 80.7 Å². The van der Waals surface area contributed by atoms with Crippen molar-refractivity contribution in [1.29, 1.82) is 0 Å². The second kappa shape index (κ2) is 9.91. The number of rotatable bonds is 8. The number of aryl methyl sites for hydroxylation is 1. The number of amides is 1. The predicted molar refractivity (Wildman–Crippen MR) is 134 cm³/mol. The van der Waals surface area contributed by atoms with Crippen LogP contribution < -0.4 is 10.1 Å². The van der Waals surface area contributed by atoms with Gasteiger partial charge in [-0.05, 0) is 62.6 Å². The van der Waals surface area contributed by atoms with E-state index in [1.54, 1.807) is 14.0 Å². The van der Waals surface area contributed by atoms with Gasteiger partial charge >= 0.3 is 0 Å². The van der Waals surface area contributed by atoms with Crippen molar-refractivity contribution in [3.05, 3.63) is 78.1 Å². The number of carbonyl (C=O) groups is 2. The lowest BCUT2D eigenvalue weighted by Crippen LogP contribution is -2.30. The van der Waals surface area contributed by atoms with Crippen molar-refractivity contribution in [2.24, 2.45) is 0 Å². The summed E-state index contributed by atoms with van der Waals surface area (Å²) >= 11 is 0. The number of fused-ring (bicyclic) bond motifs is 1. The van der Waals surface area contributed by atoms with Crippen molar-refractivity contribution in [2.45, 2.75) is 39.7 Å². The number of imidazole rings is 1. The standard InChI is InChI=1S/C28H29N3O3/c1-18(2)29-27(33)15-13-25-28(22-6-5-7-24(16-22)34-4)30-26-14-12-23(17-31(25)26)21-10-8-20(9-11-21)19(3)32/h5-12,14,16-18H,13,15H2,1-4H3,(H,29,33). The second-order valence-corrected chi connectivity index (χ2v) is 8.64. The maximum atomic E-state index is 12.4. The molecule has 2 aromatic heterocycles. The number of Topliss-reactive ketones (excluding diaryl/α,β-unsaturated/α-hetero) is 1. The van der Waals surface area contributed by atoms with Crippen LogP contribution in [-0.4, -0.2) is 34.2 Å². The number of methoxy groups -OCH3 is 1. The maximum Gasteiger partial charge on any atom is 0.220 e. The molecule has 4 aromatic rings. The van der Waals surface area contributed by atoms with Crippen molar-refractivity contribution in [2.75, 3.05) is 7.11 Å². The molecule has 0 bridgehead atoms. The summed E-state index contributed by atoms with van der Waals surface area (Å²) in [4.78, 5) is 29.0. The smallest absolute Gasteiger partial charge is 0.220 e. The number of benzene rings is 2. The summed E-state index contributed by atoms with van der Waals surface area (Å²) in [6, 6.07) is 19.5. The summed E-state index contributed by atoms with van der Waals surface area (Å²) < 4.78 is 7.47. The highest BCUT2D eigenvalue weighted by atomic mass is 16.5. The molecule has 174 valence electrons. The molecule has 0 spiro atoms. The third-order valence-corrected chi connectivity index (χ3v) is 5.72. The molecule has 6 nitrogen and oxygen atoms in total. The summed E-state index contributed by atoms with van der Waals surface area (Å²) in [5.41, 5.74) is 6.24. The predicted octanol–water partition coefficient (Wildman–Crippen LogP) is 5.34. The Bertz CT molecular complexity index is 1340. The van der Waals surface area contributed by atoms with Crippen LogP contribution in [0.15, 0.2) is 66.9 Å². The summed E-state index contributed by atoms with van der Waals surface area (Å²) in [6.07, 6.45) is 2.95. The van der Waals surface area contributed by atoms with Gasteiger partial charge in [0.25, 0.3) is 0 Å². The average Bonchev–Trinajstić information content (AvgIpc) is 3.20. The number of nitrogens with zero attached hydrogens (tertiary/aromatic N) is 2. The molecule has 2 aromatic carbocycles. The highest BCUT2D eigenvalue weighted by Gasteiger charge is 2.17. The van der Waals surface area contributed by atoms with Crippen LogP contribution in [0.4, 0.5) is 0 Å². The summed E-state index contributed by atoms with van der Waals surface area (Å²) in [6.45, 7) is 5.48. The topological polar surface area (TPSA) is 72.7 Å². The van der Waals surface area contributed by atoms with Crippen molar-refractivity contribution < 1.29 is 14.3 Å². The molecule has 34 heavy (non-hydrogen) atoms. The highest BCUT2D eigenvalue weighted by molar-refractivity contribution is 5.94. The molecule has 0 saturated carbocycles. The Morgan fingerprint density at radius 3 is 2.41 bits per heavy atom. The molecule has 0 atom stereocenters. The summed E-state index contributed by atoms with van der Waals surface area (Å²) in [5, 5.41) is 2.97. The quantitative estimate of drug-likeness (QED) is 0.364. The molecule has 0 radical (unpaired) electrons. The van der Waals surface area contributed by atoms with Gasteiger partial charge in [0.15, 0.2) is 5.78 Å². The van der Waals surface area contributed by atoms with Crippen LogP contribution in [-0.2, 0) is 11.2 Å². The Morgan fingerprint density at radius 2 is 1.74 bits per heavy atom. The molecule has 0 fully saturated rings. The van der Waals surface area contributed by atoms with Gasteiger partial charge in [-0.1, -0.05) is 36.4 Å². The molecule has 0 aliphatic rings. The van der Waals surface area contributed by atoms with E-state index in [1.165, 1.54) is 0 Å². The molecule has 0 aliphatic carbocycles. The van der Waals surface area contributed by atoms with Gasteiger partial charge in [-0.25, -0.2) is 4.98 Å². The SMILES string of the molecule is COc1cccc(-c2nc3ccc(-c4ccc(C(C)=O)cc4)cn3c2CCC(=O)NC(C)C)c1. The van der Waals surface area contributed by atoms with Crippen LogP contribution >= 0.6 is 0 Å². The number of ether oxygens (including phenoxy) is 1. The second-order valence-electron chi connectivity index (χ2n) is 8.64. The first-order chi connectivity index (χ1) is 16.4. The van der Waals surface area contributed by atoms with E-state index in [4.69, 9.17) is 9.72 Å². The number of ketones is 1. The number of hydrogen-bond donors (Lipinski definition) is 1. The van der Waals surface area contributed by atoms with E-state index in [9.17, 15) is 9.59 Å². The molecular weight excluding hydrogens is 426 g/mol. The van der Waals surface area contributed by atoms with Crippen LogP contribution in [0.3, 0.4) is 0 Å². The molecule has 1 N–H and O–H groups in total. The van der Waals surface area contributed by atoms with Gasteiger partial charge in [0.05, 0.1) is 18.5 Å². The van der Waals surface area contributed by atoms with Crippen LogP contribution in [0.2, 0.25) is 0 Å². The highest BCUT2D eigenvalue weighted by Crippen LogP contribution is 2.30. The number of pyridine rings is 1. The van der Waals surface area contributed by atoms with Crippen molar-refractivity contribution in [1.82, 2.24) is 14.7 Å². The average molecular weight is 456 g/mol. The fourth-order valence-corrected chi connectivity index (χ4v) is 4.03. The Morgan fingerprint density at radius 1 is 1.00 bits per heavy atom. The summed E-state index contributed by atoms with van der Waals surface area (Å²) in [7, 11) is 1.64. The fraction of sp³-hybridized carbons (Fsp3) is 0.250. The molecule has 6 heteroatoms. The number of hydrogen-bond acceptors (Lipinski definition) is 4. The Kier molecular flexibility index (Phi) is 6.77. The molecule has 4 rings (SSSR count). The third kappa shape index (κ3) is 5.01. The number of carbonyl (C=O) groups excluding carboxylic acids is 2. The molecule has 2 heterocycles. The molecule has 0 aliphatic heterocycles. The zero-order chi connectivity index (χ0) is 24.2. The Hall–Kier alpha value is -3.93. The van der Waals surface area contributed by atoms with Gasteiger partial charge in [0.2, 0.25) is 5.91 Å². The molecule has 0 saturated heterocycles. The fourth-order valence-electron chi connectivity index (χ4n) is 4.03. The van der Waals surface area contributed by atoms with Crippen LogP contribution in [0.5, 0.6) is 5.75 Å². The monoisotopic (exact) mass is 455 g/mol. The minimum atomic E-state index is 0.0116. The number of aromatic nitrogens is 2. The van der Waals surface area contributed by atoms with Crippen LogP contribution in [0.25, 0.3) is 28.0 Å². The van der Waals surface area contributed by atoms with Crippen LogP contribution in [0, 0.1) is 0 Å². The lowest BCUT2D eigenvalue weighted by atomic mass is 10.0. The summed E-state index contributed by atoms with van der Waals surface area (Å²) in [5.74, 6) is 0.809. The van der Waals surface area contributed by atoms with Gasteiger partial charge in [-0.2, -0.15) is 0 Å². The van der Waals surface area contributed by atoms with Crippen molar-refractivity contribution in [3.63, 3.8) is 0 Å². The number of nitrogens with one attached hydrogen (secondary N) is 1. The van der Waals surface area contributed by atoms with E-state index in [0.717, 1.165) is 39.5 Å². The first-order valence-electron chi connectivity index (χ1n) is 11.4. The van der Waals surface area contributed by atoms with Gasteiger partial charge in [-0.15, -0.1) is 0 Å². The lowest BCUT2D eigenvalue weighted by molar-refractivity contribution is -0.121.